The number of carbonyl (C=O) groups excluding carboxylic acids is 1. The summed E-state index contributed by atoms with van der Waals surface area (Å²) in [5.74, 6) is -2.22. The molecule has 174 valence electrons. The van der Waals surface area contributed by atoms with Crippen LogP contribution in [0.4, 0.5) is 0 Å². The van der Waals surface area contributed by atoms with Gasteiger partial charge in [-0.05, 0) is 30.7 Å². The fourth-order valence-electron chi connectivity index (χ4n) is 3.36. The third-order valence-electron chi connectivity index (χ3n) is 5.09. The lowest BCUT2D eigenvalue weighted by Gasteiger charge is -2.13. The summed E-state index contributed by atoms with van der Waals surface area (Å²) < 4.78 is 29.6. The number of aromatic nitrogens is 3. The van der Waals surface area contributed by atoms with Crippen molar-refractivity contribution < 1.29 is 23.4 Å². The number of sulfonamides is 1. The summed E-state index contributed by atoms with van der Waals surface area (Å²) in [6.45, 7) is 1.88. The van der Waals surface area contributed by atoms with Crippen LogP contribution in [0, 0.1) is 6.92 Å². The Kier molecular flexibility index (Phi) is 6.05. The number of primary amides is 1. The molecule has 0 atom stereocenters. The topological polar surface area (TPSA) is 160 Å². The predicted octanol–water partition coefficient (Wildman–Crippen LogP) is 2.23. The number of hydrogen-bond acceptors (Lipinski definition) is 7. The predicted molar refractivity (Wildman–Crippen MR) is 124 cm³/mol. The molecule has 0 saturated heterocycles. The number of benzene rings is 3. The zero-order chi connectivity index (χ0) is 24.5. The van der Waals surface area contributed by atoms with Crippen LogP contribution in [0.5, 0.6) is 11.5 Å². The van der Waals surface area contributed by atoms with E-state index in [9.17, 15) is 23.4 Å². The van der Waals surface area contributed by atoms with Gasteiger partial charge in [0.1, 0.15) is 16.4 Å². The van der Waals surface area contributed by atoms with Crippen molar-refractivity contribution >= 4 is 15.9 Å². The molecule has 0 bridgehead atoms. The van der Waals surface area contributed by atoms with Gasteiger partial charge in [-0.2, -0.15) is 0 Å². The molecule has 34 heavy (non-hydrogen) atoms. The zero-order valence-electron chi connectivity index (χ0n) is 18.0. The van der Waals surface area contributed by atoms with Crippen molar-refractivity contribution in [3.63, 3.8) is 0 Å². The number of rotatable bonds is 7. The van der Waals surface area contributed by atoms with Crippen LogP contribution in [0.3, 0.4) is 0 Å². The number of nitrogens with zero attached hydrogens (tertiary/aromatic N) is 3. The maximum atomic E-state index is 13.0. The van der Waals surface area contributed by atoms with Gasteiger partial charge in [0, 0.05) is 18.3 Å². The van der Waals surface area contributed by atoms with E-state index in [2.05, 4.69) is 14.9 Å². The molecule has 1 heterocycles. The highest BCUT2D eigenvalue weighted by Crippen LogP contribution is 2.37. The van der Waals surface area contributed by atoms with Gasteiger partial charge in [0.15, 0.2) is 5.82 Å². The molecule has 5 N–H and O–H groups in total. The van der Waals surface area contributed by atoms with E-state index in [1.807, 2.05) is 6.92 Å². The van der Waals surface area contributed by atoms with E-state index in [4.69, 9.17) is 5.73 Å². The fraction of sp³-hybridized carbons (Fsp3) is 0.0870. The molecule has 0 fully saturated rings. The van der Waals surface area contributed by atoms with E-state index >= 15 is 0 Å². The zero-order valence-corrected chi connectivity index (χ0v) is 18.8. The molecule has 0 aliphatic rings. The second kappa shape index (κ2) is 8.96. The average molecular weight is 480 g/mol. The SMILES string of the molecule is Cc1ccc(-n2c(C(N)=O)nnc2-c2cc(S(=O)(=O)NCc3ccccc3)c(O)cc2O)cc1. The van der Waals surface area contributed by atoms with Crippen molar-refractivity contribution in [3.8, 4) is 28.6 Å². The van der Waals surface area contributed by atoms with E-state index in [1.165, 1.54) is 4.57 Å². The number of carbonyl (C=O) groups is 1. The number of nitrogens with one attached hydrogen (secondary N) is 1. The number of amides is 1. The molecule has 0 unspecified atom stereocenters. The standard InChI is InChI=1S/C23H21N5O5S/c1-14-7-9-16(10-8-14)28-22(26-27-23(28)21(24)31)17-11-20(19(30)12-18(17)29)34(32,33)25-13-15-5-3-2-4-6-15/h2-12,25,29-30H,13H2,1H3,(H2,24,31). The third-order valence-corrected chi connectivity index (χ3v) is 6.52. The van der Waals surface area contributed by atoms with E-state index < -0.39 is 32.3 Å². The molecule has 0 aliphatic carbocycles. The number of phenols is 2. The summed E-state index contributed by atoms with van der Waals surface area (Å²) in [5, 5.41) is 28.6. The average Bonchev–Trinajstić information content (AvgIpc) is 3.24. The van der Waals surface area contributed by atoms with Crippen LogP contribution >= 0.6 is 0 Å². The maximum Gasteiger partial charge on any atom is 0.287 e. The highest BCUT2D eigenvalue weighted by atomic mass is 32.2. The minimum absolute atomic E-state index is 0.00973. The van der Waals surface area contributed by atoms with Crippen LogP contribution in [0.1, 0.15) is 21.7 Å². The monoisotopic (exact) mass is 479 g/mol. The van der Waals surface area contributed by atoms with Crippen LogP contribution in [0.2, 0.25) is 0 Å². The molecule has 4 rings (SSSR count). The number of phenolic OH excluding ortho intramolecular Hbond substituents is 2. The van der Waals surface area contributed by atoms with Gasteiger partial charge >= 0.3 is 0 Å². The molecule has 0 spiro atoms. The molecular weight excluding hydrogens is 458 g/mol. The third kappa shape index (κ3) is 4.47. The van der Waals surface area contributed by atoms with Crippen LogP contribution in [0.25, 0.3) is 17.1 Å². The Morgan fingerprint density at radius 2 is 1.68 bits per heavy atom. The van der Waals surface area contributed by atoms with Gasteiger partial charge in [-0.1, -0.05) is 48.0 Å². The van der Waals surface area contributed by atoms with Crippen molar-refractivity contribution in [3.05, 3.63) is 83.7 Å². The Morgan fingerprint density at radius 3 is 2.32 bits per heavy atom. The number of aryl methyl sites for hydroxylation is 1. The first-order chi connectivity index (χ1) is 16.2. The van der Waals surface area contributed by atoms with Crippen molar-refractivity contribution in [1.29, 1.82) is 0 Å². The van der Waals surface area contributed by atoms with Crippen LogP contribution in [-0.4, -0.2) is 39.3 Å². The largest absolute Gasteiger partial charge is 0.507 e. The van der Waals surface area contributed by atoms with Crippen molar-refractivity contribution in [2.45, 2.75) is 18.4 Å². The molecule has 1 aromatic heterocycles. The summed E-state index contributed by atoms with van der Waals surface area (Å²) in [6.07, 6.45) is 0. The lowest BCUT2D eigenvalue weighted by molar-refractivity contribution is 0.0988. The number of aromatic hydroxyl groups is 2. The Labute approximate surface area is 195 Å². The molecule has 4 aromatic rings. The van der Waals surface area contributed by atoms with Gasteiger partial charge in [0.25, 0.3) is 5.91 Å². The lowest BCUT2D eigenvalue weighted by atomic mass is 10.1. The summed E-state index contributed by atoms with van der Waals surface area (Å²) in [7, 11) is -4.19. The van der Waals surface area contributed by atoms with E-state index in [0.29, 0.717) is 5.69 Å². The first-order valence-corrected chi connectivity index (χ1v) is 11.6. The molecule has 3 aromatic carbocycles. The first kappa shape index (κ1) is 23.0. The first-order valence-electron chi connectivity index (χ1n) is 10.1. The van der Waals surface area contributed by atoms with E-state index in [-0.39, 0.29) is 23.8 Å². The molecule has 11 heteroatoms. The normalized spacial score (nSPS) is 11.4. The van der Waals surface area contributed by atoms with Gasteiger partial charge in [-0.25, -0.2) is 13.1 Å². The number of nitrogens with two attached hydrogens (primary N) is 1. The van der Waals surface area contributed by atoms with Crippen molar-refractivity contribution in [2.75, 3.05) is 0 Å². The van der Waals surface area contributed by atoms with Crippen molar-refractivity contribution in [2.24, 2.45) is 5.73 Å². The van der Waals surface area contributed by atoms with Gasteiger partial charge in [-0.3, -0.25) is 9.36 Å². The smallest absolute Gasteiger partial charge is 0.287 e. The summed E-state index contributed by atoms with van der Waals surface area (Å²) in [5.41, 5.74) is 7.54. The Bertz CT molecular complexity index is 1470. The minimum Gasteiger partial charge on any atom is -0.507 e. The Morgan fingerprint density at radius 1 is 1.00 bits per heavy atom. The molecule has 0 saturated carbocycles. The fourth-order valence-corrected chi connectivity index (χ4v) is 4.48. The quantitative estimate of drug-likeness (QED) is 0.316. The summed E-state index contributed by atoms with van der Waals surface area (Å²) in [6, 6.07) is 17.8. The number of hydrogen-bond donors (Lipinski definition) is 4. The van der Waals surface area contributed by atoms with Gasteiger partial charge in [0.2, 0.25) is 15.8 Å². The van der Waals surface area contributed by atoms with Crippen LogP contribution < -0.4 is 10.5 Å². The Balaban J connectivity index is 1.82. The van der Waals surface area contributed by atoms with E-state index in [0.717, 1.165) is 23.3 Å². The van der Waals surface area contributed by atoms with Crippen LogP contribution in [-0.2, 0) is 16.6 Å². The summed E-state index contributed by atoms with van der Waals surface area (Å²) in [4.78, 5) is 11.5. The summed E-state index contributed by atoms with van der Waals surface area (Å²) >= 11 is 0. The molecule has 0 radical (unpaired) electrons. The molecular formula is C23H21N5O5S. The van der Waals surface area contributed by atoms with Crippen molar-refractivity contribution in [1.82, 2.24) is 19.5 Å². The van der Waals surface area contributed by atoms with E-state index in [1.54, 1.807) is 54.6 Å². The molecule has 10 nitrogen and oxygen atoms in total. The van der Waals surface area contributed by atoms with Gasteiger partial charge < -0.3 is 15.9 Å². The lowest BCUT2D eigenvalue weighted by Crippen LogP contribution is -2.23. The van der Waals surface area contributed by atoms with Gasteiger partial charge in [-0.15, -0.1) is 10.2 Å². The Hall–Kier alpha value is -4.22. The maximum absolute atomic E-state index is 13.0. The van der Waals surface area contributed by atoms with Gasteiger partial charge in [0.05, 0.1) is 5.56 Å². The minimum atomic E-state index is -4.19. The molecule has 0 aliphatic heterocycles. The highest BCUT2D eigenvalue weighted by Gasteiger charge is 2.26. The second-order valence-electron chi connectivity index (χ2n) is 7.53. The van der Waals surface area contributed by atoms with Crippen LogP contribution in [0.15, 0.2) is 71.6 Å². The highest BCUT2D eigenvalue weighted by molar-refractivity contribution is 7.89. The second-order valence-corrected chi connectivity index (χ2v) is 9.27. The molecule has 1 amide bonds.